The summed E-state index contributed by atoms with van der Waals surface area (Å²) in [7, 11) is 0. The Kier molecular flexibility index (Phi) is 12.2. The van der Waals surface area contributed by atoms with Crippen LogP contribution in [0, 0.1) is 0 Å². The van der Waals surface area contributed by atoms with E-state index in [-0.39, 0.29) is 12.0 Å². The highest BCUT2D eigenvalue weighted by Gasteiger charge is 2.09. The van der Waals surface area contributed by atoms with E-state index in [0.29, 0.717) is 6.54 Å². The molecule has 0 rings (SSSR count). The maximum absolute atomic E-state index is 12.2. The number of carbonyl (C=O) groups is 1. The SMILES string of the molecule is C=C/C(C(=O)NCCCCC(C)ON=C)=C(\C)CCCCC. The number of allylic oxidation sites excluding steroid dienone is 1. The number of carbonyl (C=O) groups excluding carboxylic acids is 1. The van der Waals surface area contributed by atoms with E-state index in [1.54, 1.807) is 6.08 Å². The second-order valence-electron chi connectivity index (χ2n) is 5.65. The van der Waals surface area contributed by atoms with E-state index < -0.39 is 0 Å². The summed E-state index contributed by atoms with van der Waals surface area (Å²) in [6.07, 6.45) is 9.05. The molecule has 1 atom stereocenters. The van der Waals surface area contributed by atoms with Gasteiger partial charge >= 0.3 is 0 Å². The molecule has 4 heteroatoms. The van der Waals surface area contributed by atoms with E-state index in [0.717, 1.165) is 43.3 Å². The van der Waals surface area contributed by atoms with Crippen molar-refractivity contribution in [2.75, 3.05) is 6.54 Å². The molecule has 0 heterocycles. The van der Waals surface area contributed by atoms with Crippen LogP contribution in [0.15, 0.2) is 29.0 Å². The summed E-state index contributed by atoms with van der Waals surface area (Å²) in [5, 5.41) is 6.38. The van der Waals surface area contributed by atoms with Crippen molar-refractivity contribution >= 4 is 12.6 Å². The molecule has 0 spiro atoms. The number of hydrogen-bond donors (Lipinski definition) is 1. The largest absolute Gasteiger partial charge is 0.393 e. The average Bonchev–Trinajstić information content (AvgIpc) is 2.48. The Morgan fingerprint density at radius 2 is 2.05 bits per heavy atom. The van der Waals surface area contributed by atoms with Crippen LogP contribution in [0.25, 0.3) is 0 Å². The van der Waals surface area contributed by atoms with Crippen molar-refractivity contribution in [3.63, 3.8) is 0 Å². The summed E-state index contributed by atoms with van der Waals surface area (Å²) in [6, 6.07) is 0. The average molecular weight is 308 g/mol. The second kappa shape index (κ2) is 13.1. The maximum Gasteiger partial charge on any atom is 0.251 e. The van der Waals surface area contributed by atoms with Gasteiger partial charge in [0.15, 0.2) is 0 Å². The summed E-state index contributed by atoms with van der Waals surface area (Å²) in [4.78, 5) is 17.2. The Morgan fingerprint density at radius 3 is 2.64 bits per heavy atom. The molecule has 0 aromatic heterocycles. The van der Waals surface area contributed by atoms with Gasteiger partial charge in [-0.3, -0.25) is 4.79 Å². The number of nitrogens with zero attached hydrogens (tertiary/aromatic N) is 1. The van der Waals surface area contributed by atoms with E-state index in [9.17, 15) is 4.79 Å². The molecule has 0 aliphatic rings. The van der Waals surface area contributed by atoms with Gasteiger partial charge in [0.25, 0.3) is 5.91 Å². The second-order valence-corrected chi connectivity index (χ2v) is 5.65. The Morgan fingerprint density at radius 1 is 1.32 bits per heavy atom. The van der Waals surface area contributed by atoms with Gasteiger partial charge in [-0.25, -0.2) is 0 Å². The quantitative estimate of drug-likeness (QED) is 0.180. The zero-order chi connectivity index (χ0) is 16.8. The first kappa shape index (κ1) is 20.4. The zero-order valence-electron chi connectivity index (χ0n) is 14.5. The standard InChI is InChI=1S/C18H32N2O2/c1-6-8-9-12-15(3)17(7-2)18(21)20-14-11-10-13-16(4)22-19-5/h7,16H,2,5-6,8-14H2,1,3-4H3,(H,20,21)/b17-15-. The molecule has 0 aliphatic carbocycles. The van der Waals surface area contributed by atoms with Crippen LogP contribution in [0.2, 0.25) is 0 Å². The molecule has 126 valence electrons. The number of hydrogen-bond acceptors (Lipinski definition) is 3. The molecule has 0 saturated carbocycles. The van der Waals surface area contributed by atoms with Crippen LogP contribution in [0.1, 0.15) is 65.7 Å². The highest BCUT2D eigenvalue weighted by Crippen LogP contribution is 2.14. The summed E-state index contributed by atoms with van der Waals surface area (Å²) >= 11 is 0. The highest BCUT2D eigenvalue weighted by molar-refractivity contribution is 5.96. The molecule has 4 nitrogen and oxygen atoms in total. The van der Waals surface area contributed by atoms with Gasteiger partial charge in [0.1, 0.15) is 6.10 Å². The van der Waals surface area contributed by atoms with E-state index in [1.807, 2.05) is 13.8 Å². The maximum atomic E-state index is 12.2. The molecule has 0 aliphatic heterocycles. The fourth-order valence-corrected chi connectivity index (χ4v) is 2.27. The van der Waals surface area contributed by atoms with Gasteiger partial charge in [-0.1, -0.05) is 38.0 Å². The normalized spacial score (nSPS) is 13.0. The van der Waals surface area contributed by atoms with Gasteiger partial charge in [0, 0.05) is 18.8 Å². The van der Waals surface area contributed by atoms with Crippen molar-refractivity contribution in [1.82, 2.24) is 5.32 Å². The van der Waals surface area contributed by atoms with Crippen LogP contribution in [-0.2, 0) is 9.63 Å². The third-order valence-electron chi connectivity index (χ3n) is 3.64. The molecule has 1 amide bonds. The third kappa shape index (κ3) is 9.37. The molecule has 0 aromatic carbocycles. The summed E-state index contributed by atoms with van der Waals surface area (Å²) < 4.78 is 0. The molecular weight excluding hydrogens is 276 g/mol. The van der Waals surface area contributed by atoms with Gasteiger partial charge in [-0.05, 0) is 46.0 Å². The first-order valence-corrected chi connectivity index (χ1v) is 8.29. The molecule has 0 saturated heterocycles. The van der Waals surface area contributed by atoms with Gasteiger partial charge < -0.3 is 10.2 Å². The van der Waals surface area contributed by atoms with Crippen LogP contribution < -0.4 is 5.32 Å². The Labute approximate surface area is 135 Å². The molecule has 0 radical (unpaired) electrons. The molecule has 22 heavy (non-hydrogen) atoms. The smallest absolute Gasteiger partial charge is 0.251 e. The lowest BCUT2D eigenvalue weighted by Gasteiger charge is -2.11. The molecule has 0 fully saturated rings. The van der Waals surface area contributed by atoms with E-state index >= 15 is 0 Å². The monoisotopic (exact) mass is 308 g/mol. The fourth-order valence-electron chi connectivity index (χ4n) is 2.27. The number of oxime groups is 1. The number of unbranched alkanes of at least 4 members (excludes halogenated alkanes) is 3. The van der Waals surface area contributed by atoms with Crippen molar-refractivity contribution in [3.05, 3.63) is 23.8 Å². The van der Waals surface area contributed by atoms with Crippen LogP contribution in [0.3, 0.4) is 0 Å². The van der Waals surface area contributed by atoms with Crippen LogP contribution >= 0.6 is 0 Å². The highest BCUT2D eigenvalue weighted by atomic mass is 16.6. The fraction of sp³-hybridized carbons (Fsp3) is 0.667. The number of nitrogens with one attached hydrogen (secondary N) is 1. The summed E-state index contributed by atoms with van der Waals surface area (Å²) in [5.41, 5.74) is 1.85. The lowest BCUT2D eigenvalue weighted by Crippen LogP contribution is -2.26. The van der Waals surface area contributed by atoms with Gasteiger partial charge in [0.05, 0.1) is 0 Å². The van der Waals surface area contributed by atoms with E-state index in [2.05, 4.69) is 30.7 Å². The third-order valence-corrected chi connectivity index (χ3v) is 3.64. The molecule has 1 unspecified atom stereocenters. The number of amides is 1. The van der Waals surface area contributed by atoms with Crippen molar-refractivity contribution < 1.29 is 9.63 Å². The Balaban J connectivity index is 4.08. The lowest BCUT2D eigenvalue weighted by molar-refractivity contribution is -0.117. The molecule has 1 N–H and O–H groups in total. The minimum Gasteiger partial charge on any atom is -0.393 e. The van der Waals surface area contributed by atoms with Gasteiger partial charge in [-0.2, -0.15) is 0 Å². The predicted octanol–water partition coefficient (Wildman–Crippen LogP) is 4.38. The van der Waals surface area contributed by atoms with Gasteiger partial charge in [0.2, 0.25) is 0 Å². The van der Waals surface area contributed by atoms with E-state index in [4.69, 9.17) is 4.84 Å². The molecule has 0 aromatic rings. The Hall–Kier alpha value is -1.58. The number of rotatable bonds is 13. The van der Waals surface area contributed by atoms with Crippen LogP contribution in [-0.4, -0.2) is 25.3 Å². The first-order chi connectivity index (χ1) is 10.6. The Bertz CT molecular complexity index is 375. The zero-order valence-corrected chi connectivity index (χ0v) is 14.5. The van der Waals surface area contributed by atoms with Gasteiger partial charge in [-0.15, -0.1) is 5.16 Å². The van der Waals surface area contributed by atoms with Crippen molar-refractivity contribution in [3.8, 4) is 0 Å². The minimum absolute atomic E-state index is 0.0129. The predicted molar refractivity (Wildman–Crippen MR) is 94.0 cm³/mol. The van der Waals surface area contributed by atoms with Crippen LogP contribution in [0.5, 0.6) is 0 Å². The van der Waals surface area contributed by atoms with Crippen LogP contribution in [0.4, 0.5) is 0 Å². The minimum atomic E-state index is -0.0129. The summed E-state index contributed by atoms with van der Waals surface area (Å²) in [5.74, 6) is -0.0129. The topological polar surface area (TPSA) is 50.7 Å². The van der Waals surface area contributed by atoms with Crippen molar-refractivity contribution in [2.45, 2.75) is 71.8 Å². The lowest BCUT2D eigenvalue weighted by atomic mass is 10.0. The molecular formula is C18H32N2O2. The molecule has 0 bridgehead atoms. The summed E-state index contributed by atoms with van der Waals surface area (Å²) in [6.45, 7) is 13.9. The van der Waals surface area contributed by atoms with Crippen molar-refractivity contribution in [1.29, 1.82) is 0 Å². The first-order valence-electron chi connectivity index (χ1n) is 8.29. The van der Waals surface area contributed by atoms with Crippen molar-refractivity contribution in [2.24, 2.45) is 5.16 Å². The van der Waals surface area contributed by atoms with E-state index in [1.165, 1.54) is 12.8 Å².